The first-order chi connectivity index (χ1) is 4.00. The predicted molar refractivity (Wildman–Crippen MR) is 33.7 cm³/mol. The Kier molecular flexibility index (Phi) is 2.64. The van der Waals surface area contributed by atoms with Crippen molar-refractivity contribution >= 4 is 15.1 Å². The fourth-order valence-corrected chi connectivity index (χ4v) is 1.11. The van der Waals surface area contributed by atoms with Crippen molar-refractivity contribution in [2.45, 2.75) is 13.3 Å². The van der Waals surface area contributed by atoms with Crippen molar-refractivity contribution in [1.82, 2.24) is 0 Å². The third-order valence-corrected chi connectivity index (χ3v) is 2.34. The Bertz CT molecular complexity index is 194. The zero-order chi connectivity index (χ0) is 7.49. The first-order valence-electron chi connectivity index (χ1n) is 2.53. The molecule has 0 saturated heterocycles. The number of hydrogen-bond acceptors (Lipinski definition) is 3. The molecule has 9 heavy (non-hydrogen) atoms. The van der Waals surface area contributed by atoms with Crippen molar-refractivity contribution in [3.63, 3.8) is 0 Å². The maximum atomic E-state index is 10.5. The first kappa shape index (κ1) is 8.42. The Hall–Kier alpha value is -0.580. The number of primary amides is 1. The molecule has 0 saturated carbocycles. The minimum Gasteiger partial charge on any atom is -0.356 e. The van der Waals surface area contributed by atoms with Gasteiger partial charge in [-0.2, -0.15) is 0 Å². The number of carbonyl (C=O) groups is 1. The Morgan fingerprint density at radius 1 is 1.56 bits per heavy atom. The molecule has 0 atom stereocenters. The van der Waals surface area contributed by atoms with Crippen molar-refractivity contribution in [1.29, 1.82) is 0 Å². The molecule has 0 aromatic heterocycles. The highest BCUT2D eigenvalue weighted by atomic mass is 32.2. The summed E-state index contributed by atoms with van der Waals surface area (Å²) in [5.41, 5.74) is 4.53. The molecule has 2 N–H and O–H groups in total. The predicted octanol–water partition coefficient (Wildman–Crippen LogP) is -0.110. The highest BCUT2D eigenvalue weighted by Crippen LogP contribution is 1.91. The highest BCUT2D eigenvalue weighted by Gasteiger charge is 2.15. The van der Waals surface area contributed by atoms with Gasteiger partial charge in [0.2, 0.25) is 9.84 Å². The van der Waals surface area contributed by atoms with Gasteiger partial charge in [0, 0.05) is 0 Å². The third-order valence-electron chi connectivity index (χ3n) is 0.779. The second-order valence-corrected chi connectivity index (χ2v) is 3.68. The van der Waals surface area contributed by atoms with Gasteiger partial charge in [-0.05, 0) is 6.42 Å². The van der Waals surface area contributed by atoms with E-state index in [1.807, 2.05) is 0 Å². The maximum Gasteiger partial charge on any atom is 0.333 e. The van der Waals surface area contributed by atoms with Gasteiger partial charge < -0.3 is 5.73 Å². The molecule has 54 valence electrons. The van der Waals surface area contributed by atoms with Gasteiger partial charge in [-0.1, -0.05) is 6.92 Å². The van der Waals surface area contributed by atoms with Gasteiger partial charge in [0.15, 0.2) is 0 Å². The monoisotopic (exact) mass is 151 g/mol. The van der Waals surface area contributed by atoms with Crippen LogP contribution in [-0.4, -0.2) is 19.4 Å². The van der Waals surface area contributed by atoms with Crippen LogP contribution >= 0.6 is 0 Å². The topological polar surface area (TPSA) is 77.2 Å². The van der Waals surface area contributed by atoms with Gasteiger partial charge in [0.1, 0.15) is 0 Å². The maximum absolute atomic E-state index is 10.5. The molecule has 4 nitrogen and oxygen atoms in total. The minimum atomic E-state index is -3.61. The summed E-state index contributed by atoms with van der Waals surface area (Å²) in [7, 11) is -3.61. The number of nitrogens with two attached hydrogens (primary N) is 1. The van der Waals surface area contributed by atoms with Gasteiger partial charge in [0.05, 0.1) is 5.75 Å². The fourth-order valence-electron chi connectivity index (χ4n) is 0.369. The number of sulfone groups is 1. The van der Waals surface area contributed by atoms with Crippen LogP contribution in [0.2, 0.25) is 0 Å². The van der Waals surface area contributed by atoms with Crippen LogP contribution in [-0.2, 0) is 9.84 Å². The number of carbonyl (C=O) groups excluding carboxylic acids is 1. The van der Waals surface area contributed by atoms with Crippen LogP contribution in [0.4, 0.5) is 4.79 Å². The van der Waals surface area contributed by atoms with Crippen LogP contribution in [0.3, 0.4) is 0 Å². The molecule has 0 rings (SSSR count). The normalized spacial score (nSPS) is 11.2. The summed E-state index contributed by atoms with van der Waals surface area (Å²) < 4.78 is 20.9. The molecule has 0 radical (unpaired) electrons. The van der Waals surface area contributed by atoms with Crippen LogP contribution in [0.5, 0.6) is 0 Å². The molecule has 0 aliphatic rings. The Labute approximate surface area is 54.0 Å². The molecule has 0 unspecified atom stereocenters. The van der Waals surface area contributed by atoms with Crippen LogP contribution in [0.15, 0.2) is 0 Å². The lowest BCUT2D eigenvalue weighted by Gasteiger charge is -1.92. The molecule has 5 heteroatoms. The largest absolute Gasteiger partial charge is 0.356 e. The van der Waals surface area contributed by atoms with Gasteiger partial charge >= 0.3 is 5.24 Å². The zero-order valence-corrected chi connectivity index (χ0v) is 5.94. The summed E-state index contributed by atoms with van der Waals surface area (Å²) in [4.78, 5) is 10.0. The van der Waals surface area contributed by atoms with Crippen LogP contribution in [0, 0.1) is 0 Å². The molecule has 1 amide bonds. The van der Waals surface area contributed by atoms with E-state index >= 15 is 0 Å². The van der Waals surface area contributed by atoms with Crippen LogP contribution in [0.25, 0.3) is 0 Å². The molecular formula is C4H9NO3S. The van der Waals surface area contributed by atoms with Crippen molar-refractivity contribution < 1.29 is 13.2 Å². The lowest BCUT2D eigenvalue weighted by Crippen LogP contribution is -2.23. The number of rotatable bonds is 2. The van der Waals surface area contributed by atoms with Gasteiger partial charge in [-0.15, -0.1) is 0 Å². The summed E-state index contributed by atoms with van der Waals surface area (Å²) in [6.45, 7) is 1.67. The van der Waals surface area contributed by atoms with Gasteiger partial charge in [0.25, 0.3) is 0 Å². The Morgan fingerprint density at radius 2 is 2.00 bits per heavy atom. The molecule has 0 aliphatic heterocycles. The molecule has 0 heterocycles. The van der Waals surface area contributed by atoms with Crippen LogP contribution < -0.4 is 5.73 Å². The molecular weight excluding hydrogens is 142 g/mol. The lowest BCUT2D eigenvalue weighted by molar-refractivity contribution is 0.265. The summed E-state index contributed by atoms with van der Waals surface area (Å²) in [5, 5.41) is -1.23. The Morgan fingerprint density at radius 3 is 2.11 bits per heavy atom. The number of hydrogen-bond donors (Lipinski definition) is 1. The van der Waals surface area contributed by atoms with Crippen molar-refractivity contribution in [3.8, 4) is 0 Å². The lowest BCUT2D eigenvalue weighted by atomic mass is 10.6. The number of amides is 1. The summed E-state index contributed by atoms with van der Waals surface area (Å²) >= 11 is 0. The zero-order valence-electron chi connectivity index (χ0n) is 5.12. The van der Waals surface area contributed by atoms with E-state index in [1.54, 1.807) is 6.92 Å². The van der Waals surface area contributed by atoms with E-state index in [-0.39, 0.29) is 5.75 Å². The fraction of sp³-hybridized carbons (Fsp3) is 0.750. The molecule has 0 aromatic rings. The molecule has 0 bridgehead atoms. The second-order valence-electron chi connectivity index (χ2n) is 1.64. The van der Waals surface area contributed by atoms with E-state index in [0.29, 0.717) is 6.42 Å². The summed E-state index contributed by atoms with van der Waals surface area (Å²) in [6.07, 6.45) is 0.422. The van der Waals surface area contributed by atoms with Crippen molar-refractivity contribution in [2.75, 3.05) is 5.75 Å². The molecule has 0 fully saturated rings. The SMILES string of the molecule is CCCS(=O)(=O)C(N)=O. The average molecular weight is 151 g/mol. The second kappa shape index (κ2) is 2.82. The summed E-state index contributed by atoms with van der Waals surface area (Å²) in [5.74, 6) is -0.150. The van der Waals surface area contributed by atoms with Gasteiger partial charge in [-0.3, -0.25) is 4.79 Å². The third kappa shape index (κ3) is 2.46. The molecule has 0 spiro atoms. The first-order valence-corrected chi connectivity index (χ1v) is 4.18. The summed E-state index contributed by atoms with van der Waals surface area (Å²) in [6, 6.07) is 0. The molecule has 0 aromatic carbocycles. The van der Waals surface area contributed by atoms with E-state index in [1.165, 1.54) is 0 Å². The highest BCUT2D eigenvalue weighted by molar-refractivity contribution is 8.05. The molecule has 0 aliphatic carbocycles. The van der Waals surface area contributed by atoms with E-state index in [2.05, 4.69) is 5.73 Å². The van der Waals surface area contributed by atoms with E-state index in [4.69, 9.17) is 0 Å². The van der Waals surface area contributed by atoms with Crippen LogP contribution in [0.1, 0.15) is 13.3 Å². The van der Waals surface area contributed by atoms with Crippen molar-refractivity contribution in [2.24, 2.45) is 5.73 Å². The smallest absolute Gasteiger partial charge is 0.333 e. The standard InChI is InChI=1S/C4H9NO3S/c1-2-3-9(7,8)4(5)6/h2-3H2,1H3,(H2,5,6). The Balaban J connectivity index is 4.23. The average Bonchev–Trinajstić information content (AvgIpc) is 1.65. The van der Waals surface area contributed by atoms with Crippen molar-refractivity contribution in [3.05, 3.63) is 0 Å². The minimum absolute atomic E-state index is 0.150. The van der Waals surface area contributed by atoms with Gasteiger partial charge in [-0.25, -0.2) is 8.42 Å². The quantitative estimate of drug-likeness (QED) is 0.598. The van der Waals surface area contributed by atoms with E-state index < -0.39 is 15.1 Å². The van der Waals surface area contributed by atoms with E-state index in [0.717, 1.165) is 0 Å². The van der Waals surface area contributed by atoms with E-state index in [9.17, 15) is 13.2 Å².